The number of ether oxygens (including phenoxy) is 3. The fraction of sp³-hybridized carbons (Fsp3) is 0.857. The predicted molar refractivity (Wildman–Crippen MR) is 80.5 cm³/mol. The van der Waals surface area contributed by atoms with E-state index in [4.69, 9.17) is 14.2 Å². The van der Waals surface area contributed by atoms with Gasteiger partial charge in [0.15, 0.2) is 0 Å². The van der Waals surface area contributed by atoms with Gasteiger partial charge in [-0.3, -0.25) is 0 Å². The molecule has 0 saturated carbocycles. The molecule has 0 fully saturated rings. The van der Waals surface area contributed by atoms with Crippen LogP contribution in [0.5, 0.6) is 0 Å². The van der Waals surface area contributed by atoms with E-state index in [0.717, 1.165) is 12.2 Å². The summed E-state index contributed by atoms with van der Waals surface area (Å²) in [7, 11) is 1.90. The average molecular weight is 300 g/mol. The van der Waals surface area contributed by atoms with Crippen LogP contribution in [0.3, 0.4) is 0 Å². The molecule has 0 unspecified atom stereocenters. The molecule has 21 heavy (non-hydrogen) atoms. The second-order valence-electron chi connectivity index (χ2n) is 5.00. The molecule has 7 heteroatoms. The molecule has 0 spiro atoms. The quantitative estimate of drug-likeness (QED) is 0.540. The summed E-state index contributed by atoms with van der Waals surface area (Å²) in [5, 5.41) is 11.2. The molecule has 0 aliphatic heterocycles. The lowest BCUT2D eigenvalue weighted by Crippen LogP contribution is -2.17. The molecular formula is C14H28N4O3. The highest BCUT2D eigenvalue weighted by Gasteiger charge is 2.04. The van der Waals surface area contributed by atoms with Gasteiger partial charge in [-0.25, -0.2) is 4.68 Å². The average Bonchev–Trinajstić information content (AvgIpc) is 2.94. The van der Waals surface area contributed by atoms with Gasteiger partial charge >= 0.3 is 0 Å². The number of likely N-dealkylation sites (N-methyl/N-ethyl adjacent to an activating group) is 1. The summed E-state index contributed by atoms with van der Waals surface area (Å²) in [5.41, 5.74) is 1.01. The van der Waals surface area contributed by atoms with E-state index in [-0.39, 0.29) is 0 Å². The van der Waals surface area contributed by atoms with Crippen LogP contribution in [0.1, 0.15) is 25.5 Å². The van der Waals surface area contributed by atoms with Crippen LogP contribution >= 0.6 is 0 Å². The number of nitrogens with one attached hydrogen (secondary N) is 1. The van der Waals surface area contributed by atoms with Crippen molar-refractivity contribution in [2.45, 2.75) is 26.3 Å². The van der Waals surface area contributed by atoms with Crippen LogP contribution in [0.15, 0.2) is 6.20 Å². The minimum absolute atomic E-state index is 0.406. The lowest BCUT2D eigenvalue weighted by molar-refractivity contribution is 0.0134. The lowest BCUT2D eigenvalue weighted by Gasteiger charge is -2.06. The van der Waals surface area contributed by atoms with E-state index in [1.165, 1.54) is 0 Å². The van der Waals surface area contributed by atoms with Crippen LogP contribution in [-0.4, -0.2) is 68.2 Å². The Morgan fingerprint density at radius 3 is 2.24 bits per heavy atom. The Morgan fingerprint density at radius 2 is 1.67 bits per heavy atom. The first-order chi connectivity index (χ1) is 10.2. The molecule has 7 nitrogen and oxygen atoms in total. The minimum atomic E-state index is 0.406. The van der Waals surface area contributed by atoms with Crippen molar-refractivity contribution in [2.75, 3.05) is 53.2 Å². The van der Waals surface area contributed by atoms with E-state index >= 15 is 0 Å². The van der Waals surface area contributed by atoms with Crippen molar-refractivity contribution < 1.29 is 14.2 Å². The van der Waals surface area contributed by atoms with E-state index in [0.29, 0.717) is 52.1 Å². The van der Waals surface area contributed by atoms with Gasteiger partial charge in [0.25, 0.3) is 0 Å². The molecule has 0 aliphatic rings. The Hall–Kier alpha value is -1.02. The maximum absolute atomic E-state index is 5.49. The van der Waals surface area contributed by atoms with Gasteiger partial charge in [0.1, 0.15) is 0 Å². The summed E-state index contributed by atoms with van der Waals surface area (Å²) < 4.78 is 18.0. The number of rotatable bonds is 13. The van der Waals surface area contributed by atoms with Crippen molar-refractivity contribution in [3.8, 4) is 0 Å². The van der Waals surface area contributed by atoms with Gasteiger partial charge in [-0.2, -0.15) is 0 Å². The maximum atomic E-state index is 5.49. The summed E-state index contributed by atoms with van der Waals surface area (Å²) >= 11 is 0. The highest BCUT2D eigenvalue weighted by molar-refractivity contribution is 4.97. The van der Waals surface area contributed by atoms with Crippen molar-refractivity contribution in [1.29, 1.82) is 0 Å². The molecule has 1 rings (SSSR count). The van der Waals surface area contributed by atoms with E-state index < -0.39 is 0 Å². The molecule has 122 valence electrons. The molecule has 1 aromatic heterocycles. The van der Waals surface area contributed by atoms with Crippen LogP contribution in [0.4, 0.5) is 0 Å². The maximum Gasteiger partial charge on any atom is 0.0852 e. The van der Waals surface area contributed by atoms with Crippen molar-refractivity contribution in [3.05, 3.63) is 11.9 Å². The molecule has 1 heterocycles. The first kappa shape index (κ1) is 18.0. The third-order valence-corrected chi connectivity index (χ3v) is 2.85. The van der Waals surface area contributed by atoms with Gasteiger partial charge in [-0.15, -0.1) is 5.10 Å². The Labute approximate surface area is 126 Å². The smallest absolute Gasteiger partial charge is 0.0852 e. The Balaban J connectivity index is 1.88. The molecule has 0 saturated heterocycles. The fourth-order valence-electron chi connectivity index (χ4n) is 1.56. The van der Waals surface area contributed by atoms with E-state index in [2.05, 4.69) is 29.5 Å². The van der Waals surface area contributed by atoms with Crippen molar-refractivity contribution in [2.24, 2.45) is 0 Å². The summed E-state index contributed by atoms with van der Waals surface area (Å²) in [6.45, 7) is 9.51. The summed E-state index contributed by atoms with van der Waals surface area (Å²) in [4.78, 5) is 0. The topological polar surface area (TPSA) is 70.4 Å². The van der Waals surface area contributed by atoms with Crippen molar-refractivity contribution in [1.82, 2.24) is 20.3 Å². The largest absolute Gasteiger partial charge is 0.378 e. The zero-order valence-corrected chi connectivity index (χ0v) is 13.4. The van der Waals surface area contributed by atoms with Gasteiger partial charge < -0.3 is 19.5 Å². The number of aromatic nitrogens is 3. The van der Waals surface area contributed by atoms with Crippen LogP contribution in [0.2, 0.25) is 0 Å². The Kier molecular flexibility index (Phi) is 9.98. The molecule has 0 amide bonds. The Morgan fingerprint density at radius 1 is 1.05 bits per heavy atom. The number of hydrogen-bond acceptors (Lipinski definition) is 6. The zero-order valence-electron chi connectivity index (χ0n) is 13.4. The van der Waals surface area contributed by atoms with Crippen LogP contribution in [0, 0.1) is 0 Å². The van der Waals surface area contributed by atoms with Crippen LogP contribution in [0.25, 0.3) is 0 Å². The van der Waals surface area contributed by atoms with E-state index in [1.807, 2.05) is 17.9 Å². The molecule has 1 aromatic rings. The van der Waals surface area contributed by atoms with Gasteiger partial charge in [0.05, 0.1) is 51.9 Å². The van der Waals surface area contributed by atoms with Crippen LogP contribution < -0.4 is 5.32 Å². The monoisotopic (exact) mass is 300 g/mol. The zero-order chi connectivity index (χ0) is 15.3. The second kappa shape index (κ2) is 11.6. The number of hydrogen-bond donors (Lipinski definition) is 1. The van der Waals surface area contributed by atoms with Gasteiger partial charge in [-0.05, 0) is 13.0 Å². The van der Waals surface area contributed by atoms with Crippen LogP contribution in [-0.2, 0) is 20.8 Å². The molecule has 1 N–H and O–H groups in total. The van der Waals surface area contributed by atoms with E-state index in [1.54, 1.807) is 0 Å². The van der Waals surface area contributed by atoms with Gasteiger partial charge in [0.2, 0.25) is 0 Å². The molecule has 0 atom stereocenters. The summed E-state index contributed by atoms with van der Waals surface area (Å²) in [6, 6.07) is 0. The highest BCUT2D eigenvalue weighted by Crippen LogP contribution is 2.08. The fourth-order valence-corrected chi connectivity index (χ4v) is 1.56. The number of nitrogens with zero attached hydrogens (tertiary/aromatic N) is 3. The first-order valence-electron chi connectivity index (χ1n) is 7.52. The standard InChI is InChI=1S/C14H28N4O3/c1-13(2)14-12-18(17-16-14)5-7-20-9-11-21-10-8-19-6-4-15-3/h12-13,15H,4-11H2,1-3H3. The van der Waals surface area contributed by atoms with E-state index in [9.17, 15) is 0 Å². The SMILES string of the molecule is CNCCOCCOCCOCCn1cc(C(C)C)nn1. The molecule has 0 aromatic carbocycles. The minimum Gasteiger partial charge on any atom is -0.378 e. The summed E-state index contributed by atoms with van der Waals surface area (Å²) in [6.07, 6.45) is 1.97. The molecule has 0 radical (unpaired) electrons. The third-order valence-electron chi connectivity index (χ3n) is 2.85. The second-order valence-corrected chi connectivity index (χ2v) is 5.00. The predicted octanol–water partition coefficient (Wildman–Crippen LogP) is 0.671. The van der Waals surface area contributed by atoms with Gasteiger partial charge in [0, 0.05) is 12.7 Å². The lowest BCUT2D eigenvalue weighted by atomic mass is 10.2. The van der Waals surface area contributed by atoms with Gasteiger partial charge in [-0.1, -0.05) is 19.1 Å². The summed E-state index contributed by atoms with van der Waals surface area (Å²) in [5.74, 6) is 0.406. The molecular weight excluding hydrogens is 272 g/mol. The molecule has 0 bridgehead atoms. The highest BCUT2D eigenvalue weighted by atomic mass is 16.5. The van der Waals surface area contributed by atoms with Crippen molar-refractivity contribution >= 4 is 0 Å². The van der Waals surface area contributed by atoms with Crippen molar-refractivity contribution in [3.63, 3.8) is 0 Å². The normalized spacial score (nSPS) is 11.4. The Bertz CT molecular complexity index is 358. The third kappa shape index (κ3) is 8.77. The first-order valence-corrected chi connectivity index (χ1v) is 7.52. The molecule has 0 aliphatic carbocycles.